The fourth-order valence-electron chi connectivity index (χ4n) is 2.76. The summed E-state index contributed by atoms with van der Waals surface area (Å²) < 4.78 is 41.7. The summed E-state index contributed by atoms with van der Waals surface area (Å²) in [4.78, 5) is 39.4. The summed E-state index contributed by atoms with van der Waals surface area (Å²) in [5.41, 5.74) is 0.212. The number of nitrogens with zero attached hydrogens (tertiary/aromatic N) is 1. The highest BCUT2D eigenvalue weighted by Crippen LogP contribution is 2.27. The van der Waals surface area contributed by atoms with Gasteiger partial charge < -0.3 is 15.3 Å². The zero-order valence-corrected chi connectivity index (χ0v) is 16.3. The molecular weight excluding hydrogens is 344 g/mol. The summed E-state index contributed by atoms with van der Waals surface area (Å²) in [5, 5.41) is 12.5. The van der Waals surface area contributed by atoms with Gasteiger partial charge in [-0.3, -0.25) is 14.4 Å². The summed E-state index contributed by atoms with van der Waals surface area (Å²) in [6.07, 6.45) is -5.49. The first-order chi connectivity index (χ1) is 14.4. The minimum absolute atomic E-state index is 0.0589. The lowest BCUT2D eigenvalue weighted by Crippen LogP contribution is -2.44. The number of carbonyl (C=O) groups excluding carboxylic acids is 3. The van der Waals surface area contributed by atoms with Crippen LogP contribution in [-0.4, -0.2) is 46.7 Å². The van der Waals surface area contributed by atoms with E-state index in [-0.39, 0.29) is 11.1 Å². The summed E-state index contributed by atoms with van der Waals surface area (Å²) in [7, 11) is 1.27. The van der Waals surface area contributed by atoms with E-state index in [9.17, 15) is 19.5 Å². The van der Waals surface area contributed by atoms with Crippen LogP contribution in [0.25, 0.3) is 0 Å². The van der Waals surface area contributed by atoms with Gasteiger partial charge in [0, 0.05) is 29.5 Å². The van der Waals surface area contributed by atoms with Crippen molar-refractivity contribution in [2.45, 2.75) is 58.6 Å². The summed E-state index contributed by atoms with van der Waals surface area (Å²) in [6.45, 7) is 5.34. The van der Waals surface area contributed by atoms with E-state index >= 15 is 0 Å². The molecule has 0 fully saturated rings. The van der Waals surface area contributed by atoms with Crippen molar-refractivity contribution in [2.24, 2.45) is 11.8 Å². The third-order valence-corrected chi connectivity index (χ3v) is 4.59. The fraction of sp³-hybridized carbons (Fsp3) is 0.571. The molecule has 1 heterocycles. The summed E-state index contributed by atoms with van der Waals surface area (Å²) >= 11 is 0. The Morgan fingerprint density at radius 3 is 2.67 bits per heavy atom. The smallest absolute Gasteiger partial charge is 0.249 e. The molecule has 1 aromatic carbocycles. The Hall–Kier alpha value is -2.21. The number of hydrogen-bond acceptors (Lipinski definition) is 4. The maximum absolute atomic E-state index is 13.2. The van der Waals surface area contributed by atoms with Crippen LogP contribution < -0.4 is 5.32 Å². The van der Waals surface area contributed by atoms with Crippen LogP contribution in [0.15, 0.2) is 24.3 Å². The number of nitrogens with one attached hydrogen (secondary N) is 1. The highest BCUT2D eigenvalue weighted by atomic mass is 16.3. The maximum Gasteiger partial charge on any atom is 0.249 e. The molecule has 148 valence electrons. The zero-order valence-electron chi connectivity index (χ0n) is 21.3. The van der Waals surface area contributed by atoms with Crippen LogP contribution in [-0.2, 0) is 20.8 Å². The minimum Gasteiger partial charge on any atom is -0.385 e. The van der Waals surface area contributed by atoms with Crippen LogP contribution in [0.5, 0.6) is 0 Å². The van der Waals surface area contributed by atoms with E-state index in [0.29, 0.717) is 0 Å². The first-order valence-electron chi connectivity index (χ1n) is 11.3. The highest BCUT2D eigenvalue weighted by Gasteiger charge is 2.34. The van der Waals surface area contributed by atoms with Gasteiger partial charge in [-0.25, -0.2) is 0 Å². The van der Waals surface area contributed by atoms with E-state index in [4.69, 9.17) is 6.85 Å². The van der Waals surface area contributed by atoms with Gasteiger partial charge in [-0.05, 0) is 30.3 Å². The number of fused-ring (bicyclic) bond motifs is 1. The van der Waals surface area contributed by atoms with Gasteiger partial charge in [0.1, 0.15) is 12.1 Å². The Kier molecular flexibility index (Phi) is 4.74. The Morgan fingerprint density at radius 2 is 2.04 bits per heavy atom. The van der Waals surface area contributed by atoms with Crippen LogP contribution in [0.3, 0.4) is 0 Å². The van der Waals surface area contributed by atoms with Gasteiger partial charge in [0.05, 0.1) is 2.74 Å². The fourth-order valence-corrected chi connectivity index (χ4v) is 2.76. The second kappa shape index (κ2) is 8.65. The van der Waals surface area contributed by atoms with Crippen molar-refractivity contribution >= 4 is 17.6 Å². The van der Waals surface area contributed by atoms with E-state index in [0.717, 1.165) is 11.8 Å². The third-order valence-electron chi connectivity index (χ3n) is 4.59. The summed E-state index contributed by atoms with van der Waals surface area (Å²) in [6, 6.07) is 2.68. The molecule has 0 radical (unpaired) electrons. The Labute approximate surface area is 168 Å². The van der Waals surface area contributed by atoms with Gasteiger partial charge in [0.25, 0.3) is 0 Å². The molecule has 6 nitrogen and oxygen atoms in total. The number of aliphatic hydroxyl groups is 1. The predicted octanol–water partition coefficient (Wildman–Crippen LogP) is 1.86. The molecule has 2 amide bonds. The third kappa shape index (κ3) is 4.75. The zero-order chi connectivity index (χ0) is 24.9. The molecule has 27 heavy (non-hydrogen) atoms. The molecule has 4 atom stereocenters. The first kappa shape index (κ1) is 14.8. The van der Waals surface area contributed by atoms with Crippen LogP contribution in [0.2, 0.25) is 0 Å². The maximum atomic E-state index is 13.2. The Morgan fingerprint density at radius 1 is 1.41 bits per heavy atom. The predicted molar refractivity (Wildman–Crippen MR) is 103 cm³/mol. The van der Waals surface area contributed by atoms with Gasteiger partial charge in [-0.2, -0.15) is 0 Å². The van der Waals surface area contributed by atoms with Crippen molar-refractivity contribution in [1.82, 2.24) is 10.2 Å². The van der Waals surface area contributed by atoms with Crippen molar-refractivity contribution in [3.05, 3.63) is 35.4 Å². The van der Waals surface area contributed by atoms with Crippen molar-refractivity contribution in [3.63, 3.8) is 0 Å². The lowest BCUT2D eigenvalue weighted by atomic mass is 9.94. The van der Waals surface area contributed by atoms with Gasteiger partial charge in [0.2, 0.25) is 11.8 Å². The van der Waals surface area contributed by atoms with Crippen molar-refractivity contribution in [2.75, 3.05) is 7.05 Å². The molecule has 0 spiro atoms. The highest BCUT2D eigenvalue weighted by molar-refractivity contribution is 5.93. The molecule has 1 aliphatic rings. The van der Waals surface area contributed by atoms with Gasteiger partial charge in [-0.15, -0.1) is 0 Å². The normalized spacial score (nSPS) is 31.7. The number of ketones is 1. The number of rotatable bonds is 6. The van der Waals surface area contributed by atoms with Gasteiger partial charge >= 0.3 is 0 Å². The van der Waals surface area contributed by atoms with Crippen LogP contribution in [0.4, 0.5) is 0 Å². The molecule has 0 aliphatic carbocycles. The average molecular weight is 380 g/mol. The van der Waals surface area contributed by atoms with Gasteiger partial charge in [0.15, 0.2) is 5.78 Å². The SMILES string of the molecule is [2H]C1([2H])c2ccccc2[C@H](NC(=O)[C@]([2H])(C)CC(=O)[C@@]([2H])(O)C(C)C)C(=O)N(C)C1([2H])C. The lowest BCUT2D eigenvalue weighted by Gasteiger charge is -2.26. The molecule has 6 heteroatoms. The summed E-state index contributed by atoms with van der Waals surface area (Å²) in [5.74, 6) is -5.61. The van der Waals surface area contributed by atoms with E-state index in [1.54, 1.807) is 12.1 Å². The molecule has 0 bridgehead atoms. The topological polar surface area (TPSA) is 86.7 Å². The number of Topliss-reactive ketones (excluding diaryl/α,β-unsaturated/α-hetero) is 1. The van der Waals surface area contributed by atoms with Crippen molar-refractivity contribution in [3.8, 4) is 0 Å². The number of carbonyl (C=O) groups is 3. The molecule has 0 aromatic heterocycles. The Balaban J connectivity index is 2.43. The second-order valence-electron chi connectivity index (χ2n) is 7.02. The molecule has 1 unspecified atom stereocenters. The molecule has 0 saturated carbocycles. The number of benzene rings is 1. The lowest BCUT2D eigenvalue weighted by molar-refractivity contribution is -0.138. The number of hydrogen-bond donors (Lipinski definition) is 2. The second-order valence-corrected chi connectivity index (χ2v) is 7.02. The molecule has 0 saturated heterocycles. The van der Waals surface area contributed by atoms with E-state index in [2.05, 4.69) is 5.32 Å². The molecule has 1 aromatic rings. The quantitative estimate of drug-likeness (QED) is 0.790. The van der Waals surface area contributed by atoms with Crippen LogP contribution in [0, 0.1) is 11.8 Å². The molecular formula is C21H30N2O4. The standard InChI is InChI=1S/C21H30N2O4/c1-12(2)19(25)17(24)10-13(3)20(26)22-18-16-9-7-6-8-15(16)11-14(4)23(5)21(18)27/h6-9,12-14,18-19,25H,10-11H2,1-5H3,(H,22,26)/t13-,14?,18+,19+/m1/s1/i11D2,13D,14D,19D. The Bertz CT molecular complexity index is 931. The largest absolute Gasteiger partial charge is 0.385 e. The number of likely N-dealkylation sites (N-methyl/N-ethyl adjacent to an activating group) is 1. The van der Waals surface area contributed by atoms with Crippen molar-refractivity contribution in [1.29, 1.82) is 0 Å². The van der Waals surface area contributed by atoms with Gasteiger partial charge in [-0.1, -0.05) is 45.0 Å². The van der Waals surface area contributed by atoms with Crippen LogP contribution in [0.1, 0.15) is 58.1 Å². The molecule has 1 aliphatic heterocycles. The van der Waals surface area contributed by atoms with E-state index in [1.165, 1.54) is 40.0 Å². The molecule has 2 rings (SSSR count). The molecule has 2 N–H and O–H groups in total. The van der Waals surface area contributed by atoms with Crippen LogP contribution >= 0.6 is 0 Å². The first-order valence-corrected chi connectivity index (χ1v) is 8.82. The minimum atomic E-state index is -2.46. The monoisotopic (exact) mass is 379 g/mol. The van der Waals surface area contributed by atoms with E-state index < -0.39 is 60.3 Å². The average Bonchev–Trinajstić information content (AvgIpc) is 2.72. The van der Waals surface area contributed by atoms with Crippen molar-refractivity contribution < 1.29 is 26.3 Å². The van der Waals surface area contributed by atoms with E-state index in [1.807, 2.05) is 0 Å². The number of amides is 2.